The average Bonchev–Trinajstić information content (AvgIpc) is 2.22. The average molecular weight is 198 g/mol. The lowest BCUT2D eigenvalue weighted by Crippen LogP contribution is -1.98. The zero-order valence-electron chi connectivity index (χ0n) is 8.41. The molecule has 0 bridgehead atoms. The Morgan fingerprint density at radius 2 is 2.00 bits per heavy atom. The predicted molar refractivity (Wildman–Crippen MR) is 50.5 cm³/mol. The molecule has 0 aromatic rings. The molecule has 0 saturated carbocycles. The lowest BCUT2D eigenvalue weighted by molar-refractivity contribution is -0.140. The van der Waals surface area contributed by atoms with E-state index in [2.05, 4.69) is 15.2 Å². The van der Waals surface area contributed by atoms with Gasteiger partial charge in [-0.05, 0) is 18.9 Å². The van der Waals surface area contributed by atoms with E-state index in [9.17, 15) is 9.59 Å². The molecule has 0 saturated heterocycles. The van der Waals surface area contributed by atoms with Gasteiger partial charge < -0.3 is 9.47 Å². The van der Waals surface area contributed by atoms with Gasteiger partial charge >= 0.3 is 11.9 Å². The van der Waals surface area contributed by atoms with Crippen molar-refractivity contribution in [1.82, 2.24) is 0 Å². The molecule has 0 atom stereocenters. The van der Waals surface area contributed by atoms with E-state index in [1.807, 2.05) is 0 Å². The number of carbonyl (C=O) groups is 2. The first kappa shape index (κ1) is 12.5. The summed E-state index contributed by atoms with van der Waals surface area (Å²) in [7, 11) is 2.66. The van der Waals surface area contributed by atoms with E-state index in [1.54, 1.807) is 6.08 Å². The largest absolute Gasteiger partial charge is 0.469 e. The van der Waals surface area contributed by atoms with Crippen LogP contribution in [0.25, 0.3) is 0 Å². The highest BCUT2D eigenvalue weighted by atomic mass is 16.5. The van der Waals surface area contributed by atoms with Crippen molar-refractivity contribution in [3.8, 4) is 0 Å². The van der Waals surface area contributed by atoms with E-state index in [4.69, 9.17) is 0 Å². The standard InChI is InChI=1S/C10H14O4/c1-13-9(11)7-5-3-4-6-8-10(12)14-2/h3,7H,4,6,8H2,1-2H3. The zero-order valence-corrected chi connectivity index (χ0v) is 8.41. The summed E-state index contributed by atoms with van der Waals surface area (Å²) in [4.78, 5) is 21.2. The summed E-state index contributed by atoms with van der Waals surface area (Å²) in [5.41, 5.74) is 2.65. The van der Waals surface area contributed by atoms with Gasteiger partial charge in [-0.1, -0.05) is 0 Å². The van der Waals surface area contributed by atoms with E-state index in [0.29, 0.717) is 19.3 Å². The fourth-order valence-corrected chi connectivity index (χ4v) is 0.720. The molecule has 4 heteroatoms. The molecule has 0 radical (unpaired) electrons. The minimum absolute atomic E-state index is 0.227. The third-order valence-electron chi connectivity index (χ3n) is 1.48. The first-order valence-corrected chi connectivity index (χ1v) is 4.26. The van der Waals surface area contributed by atoms with Crippen LogP contribution < -0.4 is 0 Å². The van der Waals surface area contributed by atoms with Crippen LogP contribution in [0.5, 0.6) is 0 Å². The number of unbranched alkanes of at least 4 members (excludes halogenated alkanes) is 1. The molecule has 0 aliphatic carbocycles. The Hall–Kier alpha value is -1.54. The Balaban J connectivity index is 3.58. The minimum Gasteiger partial charge on any atom is -0.469 e. The second-order valence-corrected chi connectivity index (χ2v) is 2.51. The van der Waals surface area contributed by atoms with Gasteiger partial charge in [-0.15, -0.1) is 5.73 Å². The monoisotopic (exact) mass is 198 g/mol. The maximum atomic E-state index is 10.7. The highest BCUT2D eigenvalue weighted by molar-refractivity contribution is 5.81. The number of hydrogen-bond acceptors (Lipinski definition) is 4. The van der Waals surface area contributed by atoms with Gasteiger partial charge in [0.2, 0.25) is 0 Å². The Kier molecular flexibility index (Phi) is 7.19. The molecule has 0 aliphatic heterocycles. The van der Waals surface area contributed by atoms with Crippen molar-refractivity contribution >= 4 is 11.9 Å². The smallest absolute Gasteiger partial charge is 0.338 e. The molecular formula is C10H14O4. The van der Waals surface area contributed by atoms with Crippen molar-refractivity contribution < 1.29 is 19.1 Å². The summed E-state index contributed by atoms with van der Waals surface area (Å²) in [5, 5.41) is 0. The quantitative estimate of drug-likeness (QED) is 0.288. The third kappa shape index (κ3) is 7.13. The summed E-state index contributed by atoms with van der Waals surface area (Å²) in [5.74, 6) is -0.662. The normalized spacial score (nSPS) is 8.43. The second kappa shape index (κ2) is 8.08. The first-order chi connectivity index (χ1) is 6.70. The fraction of sp³-hybridized carbons (Fsp3) is 0.500. The summed E-state index contributed by atoms with van der Waals surface area (Å²) in [6.07, 6.45) is 4.64. The number of methoxy groups -OCH3 is 2. The summed E-state index contributed by atoms with van der Waals surface area (Å²) >= 11 is 0. The van der Waals surface area contributed by atoms with E-state index in [-0.39, 0.29) is 5.97 Å². The van der Waals surface area contributed by atoms with Crippen LogP contribution in [-0.4, -0.2) is 26.2 Å². The van der Waals surface area contributed by atoms with Gasteiger partial charge in [-0.25, -0.2) is 4.79 Å². The molecule has 0 aliphatic rings. The Morgan fingerprint density at radius 1 is 1.29 bits per heavy atom. The van der Waals surface area contributed by atoms with Crippen LogP contribution in [-0.2, 0) is 19.1 Å². The molecule has 0 heterocycles. The van der Waals surface area contributed by atoms with Gasteiger partial charge in [-0.2, -0.15) is 0 Å². The molecular weight excluding hydrogens is 184 g/mol. The number of carbonyl (C=O) groups excluding carboxylic acids is 2. The molecule has 78 valence electrons. The van der Waals surface area contributed by atoms with Gasteiger partial charge in [0.15, 0.2) is 0 Å². The fourth-order valence-electron chi connectivity index (χ4n) is 0.720. The molecule has 0 rings (SSSR count). The van der Waals surface area contributed by atoms with E-state index < -0.39 is 5.97 Å². The number of esters is 2. The third-order valence-corrected chi connectivity index (χ3v) is 1.48. The van der Waals surface area contributed by atoms with Crippen LogP contribution in [0.3, 0.4) is 0 Å². The van der Waals surface area contributed by atoms with E-state index in [0.717, 1.165) is 0 Å². The van der Waals surface area contributed by atoms with Crippen molar-refractivity contribution in [2.24, 2.45) is 0 Å². The Bertz CT molecular complexity index is 249. The topological polar surface area (TPSA) is 52.6 Å². The molecule has 14 heavy (non-hydrogen) atoms. The SMILES string of the molecule is COC(=O)C=C=CCCCC(=O)OC. The molecule has 0 aromatic carbocycles. The Morgan fingerprint density at radius 3 is 2.57 bits per heavy atom. The molecule has 0 aromatic heterocycles. The first-order valence-electron chi connectivity index (χ1n) is 4.26. The van der Waals surface area contributed by atoms with E-state index >= 15 is 0 Å². The van der Waals surface area contributed by atoms with Gasteiger partial charge in [0.1, 0.15) is 0 Å². The van der Waals surface area contributed by atoms with Crippen molar-refractivity contribution in [2.75, 3.05) is 14.2 Å². The van der Waals surface area contributed by atoms with Crippen LogP contribution >= 0.6 is 0 Å². The highest BCUT2D eigenvalue weighted by Crippen LogP contribution is 1.97. The van der Waals surface area contributed by atoms with Crippen LogP contribution in [0.2, 0.25) is 0 Å². The molecule has 4 nitrogen and oxygen atoms in total. The van der Waals surface area contributed by atoms with Crippen LogP contribution in [0.15, 0.2) is 17.9 Å². The summed E-state index contributed by atoms with van der Waals surface area (Å²) in [6, 6.07) is 0. The van der Waals surface area contributed by atoms with Crippen molar-refractivity contribution in [3.05, 3.63) is 17.9 Å². The molecule has 0 N–H and O–H groups in total. The van der Waals surface area contributed by atoms with Crippen molar-refractivity contribution in [1.29, 1.82) is 0 Å². The highest BCUT2D eigenvalue weighted by Gasteiger charge is 1.96. The zero-order chi connectivity index (χ0) is 10.8. The van der Waals surface area contributed by atoms with Crippen LogP contribution in [0.4, 0.5) is 0 Å². The van der Waals surface area contributed by atoms with Crippen molar-refractivity contribution in [2.45, 2.75) is 19.3 Å². The maximum Gasteiger partial charge on any atom is 0.338 e. The van der Waals surface area contributed by atoms with Gasteiger partial charge in [0.25, 0.3) is 0 Å². The Labute approximate surface area is 83.2 Å². The van der Waals surface area contributed by atoms with Gasteiger partial charge in [0.05, 0.1) is 20.3 Å². The molecule has 0 fully saturated rings. The molecule has 0 unspecified atom stereocenters. The molecule has 0 spiro atoms. The number of hydrogen-bond donors (Lipinski definition) is 0. The summed E-state index contributed by atoms with van der Waals surface area (Å²) in [6.45, 7) is 0. The van der Waals surface area contributed by atoms with Gasteiger partial charge in [-0.3, -0.25) is 4.79 Å². The number of ether oxygens (including phenoxy) is 2. The molecule has 0 amide bonds. The maximum absolute atomic E-state index is 10.7. The van der Waals surface area contributed by atoms with Gasteiger partial charge in [0, 0.05) is 6.42 Å². The lowest BCUT2D eigenvalue weighted by atomic mass is 10.2. The second-order valence-electron chi connectivity index (χ2n) is 2.51. The van der Waals surface area contributed by atoms with E-state index in [1.165, 1.54) is 20.3 Å². The minimum atomic E-state index is -0.436. The van der Waals surface area contributed by atoms with Crippen LogP contribution in [0, 0.1) is 0 Å². The van der Waals surface area contributed by atoms with Crippen LogP contribution in [0.1, 0.15) is 19.3 Å². The van der Waals surface area contributed by atoms with Crippen molar-refractivity contribution in [3.63, 3.8) is 0 Å². The predicted octanol–water partition coefficient (Wildman–Crippen LogP) is 1.21. The summed E-state index contributed by atoms with van der Waals surface area (Å²) < 4.78 is 8.82. The lowest BCUT2D eigenvalue weighted by Gasteiger charge is -1.94. The number of rotatable bonds is 5.